The Morgan fingerprint density at radius 3 is 2.71 bits per heavy atom. The molecule has 3 aromatic rings. The molecule has 31 heavy (non-hydrogen) atoms. The summed E-state index contributed by atoms with van der Waals surface area (Å²) in [5.74, 6) is 1.84. The lowest BCUT2D eigenvalue weighted by Crippen LogP contribution is -2.29. The maximum Gasteiger partial charge on any atom is 0.326 e. The molecule has 2 aromatic heterocycles. The number of likely N-dealkylation sites (tertiary alicyclic amines) is 1. The SMILES string of the molecule is CCOc1cccc(-c2nc(NC(=O)Nc3cccc(CN4CCCCC4)n3)cs2)c1. The van der Waals surface area contributed by atoms with Gasteiger partial charge in [0.05, 0.1) is 12.3 Å². The van der Waals surface area contributed by atoms with Crippen LogP contribution in [0.4, 0.5) is 16.4 Å². The number of anilines is 2. The first kappa shape index (κ1) is 21.3. The van der Waals surface area contributed by atoms with Gasteiger partial charge in [-0.15, -0.1) is 11.3 Å². The van der Waals surface area contributed by atoms with E-state index < -0.39 is 0 Å². The largest absolute Gasteiger partial charge is 0.494 e. The molecule has 3 heterocycles. The quantitative estimate of drug-likeness (QED) is 0.529. The number of urea groups is 1. The van der Waals surface area contributed by atoms with Gasteiger partial charge in [-0.05, 0) is 57.1 Å². The van der Waals surface area contributed by atoms with Gasteiger partial charge in [0.25, 0.3) is 0 Å². The van der Waals surface area contributed by atoms with Crippen molar-refractivity contribution in [3.05, 3.63) is 53.5 Å². The highest BCUT2D eigenvalue weighted by molar-refractivity contribution is 7.13. The van der Waals surface area contributed by atoms with Crippen molar-refractivity contribution in [2.24, 2.45) is 0 Å². The number of aromatic nitrogens is 2. The van der Waals surface area contributed by atoms with Crippen LogP contribution in [0.2, 0.25) is 0 Å². The number of amides is 2. The molecule has 4 rings (SSSR count). The van der Waals surface area contributed by atoms with E-state index in [1.165, 1.54) is 30.6 Å². The minimum Gasteiger partial charge on any atom is -0.494 e. The van der Waals surface area contributed by atoms with Crippen LogP contribution in [-0.2, 0) is 6.54 Å². The number of hydrogen-bond acceptors (Lipinski definition) is 6. The normalized spacial score (nSPS) is 14.2. The smallest absolute Gasteiger partial charge is 0.326 e. The molecule has 8 heteroatoms. The number of rotatable bonds is 7. The lowest BCUT2D eigenvalue weighted by Gasteiger charge is -2.26. The maximum atomic E-state index is 12.4. The summed E-state index contributed by atoms with van der Waals surface area (Å²) in [6, 6.07) is 13.1. The predicted octanol–water partition coefficient (Wildman–Crippen LogP) is 5.23. The Labute approximate surface area is 186 Å². The highest BCUT2D eigenvalue weighted by Crippen LogP contribution is 2.28. The van der Waals surface area contributed by atoms with Crippen molar-refractivity contribution in [1.82, 2.24) is 14.9 Å². The number of thiazole rings is 1. The van der Waals surface area contributed by atoms with Gasteiger partial charge in [-0.2, -0.15) is 0 Å². The van der Waals surface area contributed by atoms with Crippen molar-refractivity contribution in [3.63, 3.8) is 0 Å². The Morgan fingerprint density at radius 1 is 1.06 bits per heavy atom. The maximum absolute atomic E-state index is 12.4. The third kappa shape index (κ3) is 6.02. The first-order chi connectivity index (χ1) is 15.2. The molecule has 1 aromatic carbocycles. The van der Waals surface area contributed by atoms with Gasteiger partial charge in [0.1, 0.15) is 22.4 Å². The van der Waals surface area contributed by atoms with Crippen molar-refractivity contribution in [3.8, 4) is 16.3 Å². The summed E-state index contributed by atoms with van der Waals surface area (Å²) in [7, 11) is 0. The number of carbonyl (C=O) groups is 1. The minimum atomic E-state index is -0.359. The van der Waals surface area contributed by atoms with Crippen LogP contribution in [0.1, 0.15) is 31.9 Å². The molecule has 162 valence electrons. The molecule has 2 N–H and O–H groups in total. The summed E-state index contributed by atoms with van der Waals surface area (Å²) in [6.07, 6.45) is 3.79. The molecule has 1 aliphatic rings. The molecule has 0 radical (unpaired) electrons. The van der Waals surface area contributed by atoms with Crippen LogP contribution < -0.4 is 15.4 Å². The molecule has 0 spiro atoms. The second-order valence-corrected chi connectivity index (χ2v) is 8.29. The van der Waals surface area contributed by atoms with E-state index in [0.717, 1.165) is 41.6 Å². The minimum absolute atomic E-state index is 0.359. The van der Waals surface area contributed by atoms with E-state index in [9.17, 15) is 4.79 Å². The molecule has 0 saturated carbocycles. The van der Waals surface area contributed by atoms with E-state index in [0.29, 0.717) is 18.2 Å². The molecule has 0 aliphatic carbocycles. The molecule has 0 unspecified atom stereocenters. The van der Waals surface area contributed by atoms with Crippen LogP contribution in [0, 0.1) is 0 Å². The Balaban J connectivity index is 1.35. The number of nitrogens with zero attached hydrogens (tertiary/aromatic N) is 3. The van der Waals surface area contributed by atoms with Crippen molar-refractivity contribution < 1.29 is 9.53 Å². The van der Waals surface area contributed by atoms with Gasteiger partial charge in [-0.1, -0.05) is 24.6 Å². The van der Waals surface area contributed by atoms with Crippen molar-refractivity contribution in [2.45, 2.75) is 32.7 Å². The van der Waals surface area contributed by atoms with Gasteiger partial charge >= 0.3 is 6.03 Å². The lowest BCUT2D eigenvalue weighted by atomic mass is 10.1. The highest BCUT2D eigenvalue weighted by Gasteiger charge is 2.13. The third-order valence-electron chi connectivity index (χ3n) is 5.02. The Kier molecular flexibility index (Phi) is 7.11. The van der Waals surface area contributed by atoms with Crippen molar-refractivity contribution in [2.75, 3.05) is 30.3 Å². The highest BCUT2D eigenvalue weighted by atomic mass is 32.1. The second kappa shape index (κ2) is 10.4. The predicted molar refractivity (Wildman–Crippen MR) is 125 cm³/mol. The van der Waals surface area contributed by atoms with Crippen LogP contribution in [0.25, 0.3) is 10.6 Å². The number of nitrogens with one attached hydrogen (secondary N) is 2. The Bertz CT molecular complexity index is 1020. The number of carbonyl (C=O) groups excluding carboxylic acids is 1. The van der Waals surface area contributed by atoms with E-state index in [2.05, 4.69) is 25.5 Å². The number of hydrogen-bond donors (Lipinski definition) is 2. The van der Waals surface area contributed by atoms with Gasteiger partial charge in [-0.25, -0.2) is 14.8 Å². The third-order valence-corrected chi connectivity index (χ3v) is 5.91. The van der Waals surface area contributed by atoms with Crippen LogP contribution in [0.5, 0.6) is 5.75 Å². The van der Waals surface area contributed by atoms with E-state index >= 15 is 0 Å². The molecule has 1 aliphatic heterocycles. The number of piperidine rings is 1. The fourth-order valence-corrected chi connectivity index (χ4v) is 4.35. The first-order valence-electron chi connectivity index (χ1n) is 10.6. The number of benzene rings is 1. The van der Waals surface area contributed by atoms with Gasteiger partial charge < -0.3 is 4.74 Å². The average molecular weight is 438 g/mol. The Hall–Kier alpha value is -2.97. The summed E-state index contributed by atoms with van der Waals surface area (Å²) < 4.78 is 5.55. The number of ether oxygens (including phenoxy) is 1. The van der Waals surface area contributed by atoms with E-state index in [-0.39, 0.29) is 6.03 Å². The van der Waals surface area contributed by atoms with Crippen LogP contribution >= 0.6 is 11.3 Å². The van der Waals surface area contributed by atoms with Gasteiger partial charge in [0.2, 0.25) is 0 Å². The van der Waals surface area contributed by atoms with Crippen LogP contribution in [0.3, 0.4) is 0 Å². The zero-order chi connectivity index (χ0) is 21.5. The summed E-state index contributed by atoms with van der Waals surface area (Å²) in [5, 5.41) is 8.24. The number of pyridine rings is 1. The first-order valence-corrected chi connectivity index (χ1v) is 11.5. The molecule has 1 fully saturated rings. The van der Waals surface area contributed by atoms with Crippen molar-refractivity contribution >= 4 is 29.0 Å². The lowest BCUT2D eigenvalue weighted by molar-refractivity contribution is 0.218. The van der Waals surface area contributed by atoms with E-state index in [1.807, 2.05) is 48.7 Å². The monoisotopic (exact) mass is 437 g/mol. The molecular weight excluding hydrogens is 410 g/mol. The molecule has 0 atom stereocenters. The standard InChI is InChI=1S/C23H27N5O2S/c1-2-30-19-10-6-8-17(14-19)22-25-21(16-31-22)27-23(29)26-20-11-7-9-18(24-20)15-28-12-4-3-5-13-28/h6-11,14,16H,2-5,12-13,15H2,1H3,(H2,24,26,27,29). The fourth-order valence-electron chi connectivity index (χ4n) is 3.60. The topological polar surface area (TPSA) is 79.4 Å². The van der Waals surface area contributed by atoms with E-state index in [1.54, 1.807) is 6.07 Å². The van der Waals surface area contributed by atoms with Crippen molar-refractivity contribution in [1.29, 1.82) is 0 Å². The molecule has 7 nitrogen and oxygen atoms in total. The van der Waals surface area contributed by atoms with Crippen LogP contribution in [-0.4, -0.2) is 40.6 Å². The second-order valence-electron chi connectivity index (χ2n) is 7.43. The zero-order valence-corrected chi connectivity index (χ0v) is 18.5. The molecule has 0 bridgehead atoms. The van der Waals surface area contributed by atoms with Gasteiger partial charge in [0.15, 0.2) is 0 Å². The fraction of sp³-hybridized carbons (Fsp3) is 0.348. The Morgan fingerprint density at radius 2 is 1.87 bits per heavy atom. The summed E-state index contributed by atoms with van der Waals surface area (Å²) in [6.45, 7) is 5.60. The molecular formula is C23H27N5O2S. The summed E-state index contributed by atoms with van der Waals surface area (Å²) in [4.78, 5) is 24.0. The van der Waals surface area contributed by atoms with E-state index in [4.69, 9.17) is 4.74 Å². The van der Waals surface area contributed by atoms with Crippen LogP contribution in [0.15, 0.2) is 47.8 Å². The molecule has 1 saturated heterocycles. The van der Waals surface area contributed by atoms with Gasteiger partial charge in [-0.3, -0.25) is 15.5 Å². The van der Waals surface area contributed by atoms with Gasteiger partial charge in [0, 0.05) is 17.5 Å². The summed E-state index contributed by atoms with van der Waals surface area (Å²) >= 11 is 1.47. The molecule has 2 amide bonds. The summed E-state index contributed by atoms with van der Waals surface area (Å²) in [5.41, 5.74) is 1.92. The average Bonchev–Trinajstić information content (AvgIpc) is 3.23. The zero-order valence-electron chi connectivity index (χ0n) is 17.6.